The lowest BCUT2D eigenvalue weighted by Gasteiger charge is -2.37. The molecule has 1 aromatic heterocycles. The van der Waals surface area contributed by atoms with Crippen LogP contribution in [0.1, 0.15) is 24.2 Å². The van der Waals surface area contributed by atoms with Gasteiger partial charge in [0.1, 0.15) is 12.1 Å². The number of rotatable bonds is 7. The second-order valence-corrected chi connectivity index (χ2v) is 7.34. The zero-order valence-corrected chi connectivity index (χ0v) is 17.0. The molecule has 0 spiro atoms. The largest absolute Gasteiger partial charge is 0.496 e. The molecule has 1 atom stereocenters. The molecule has 1 amide bonds. The number of hydrogen-bond acceptors (Lipinski definition) is 7. The van der Waals surface area contributed by atoms with Gasteiger partial charge in [0.25, 0.3) is 5.91 Å². The summed E-state index contributed by atoms with van der Waals surface area (Å²) in [5.74, 6) is 0.562. The molecule has 28 heavy (non-hydrogen) atoms. The van der Waals surface area contributed by atoms with Gasteiger partial charge in [0.2, 0.25) is 0 Å². The number of nitrogens with one attached hydrogen (secondary N) is 1. The van der Waals surface area contributed by atoms with Gasteiger partial charge in [0, 0.05) is 31.7 Å². The van der Waals surface area contributed by atoms with Gasteiger partial charge in [-0.15, -0.1) is 5.10 Å². The van der Waals surface area contributed by atoms with Gasteiger partial charge in [-0.2, -0.15) is 4.68 Å². The molecule has 10 heteroatoms. The first kappa shape index (κ1) is 20.5. The Morgan fingerprint density at radius 1 is 1.36 bits per heavy atom. The Bertz CT molecular complexity index is 793. The molecule has 1 fully saturated rings. The fraction of sp³-hybridized carbons (Fsp3) is 0.556. The van der Waals surface area contributed by atoms with E-state index in [0.29, 0.717) is 34.5 Å². The van der Waals surface area contributed by atoms with Crippen LogP contribution >= 0.6 is 11.6 Å². The summed E-state index contributed by atoms with van der Waals surface area (Å²) in [7, 11) is 1.51. The predicted molar refractivity (Wildman–Crippen MR) is 104 cm³/mol. The lowest BCUT2D eigenvalue weighted by atomic mass is 10.0. The molecule has 1 aliphatic heterocycles. The van der Waals surface area contributed by atoms with Gasteiger partial charge in [-0.05, 0) is 22.4 Å². The number of benzene rings is 1. The number of carbonyl (C=O) groups excluding carboxylic acids is 1. The normalized spacial score (nSPS) is 16.2. The quantitative estimate of drug-likeness (QED) is 0.740. The van der Waals surface area contributed by atoms with E-state index < -0.39 is 0 Å². The van der Waals surface area contributed by atoms with Crippen LogP contribution < -0.4 is 10.1 Å². The number of tetrazole rings is 1. The fourth-order valence-electron chi connectivity index (χ4n) is 3.32. The number of ether oxygens (including phenoxy) is 2. The third-order valence-electron chi connectivity index (χ3n) is 4.87. The summed E-state index contributed by atoms with van der Waals surface area (Å²) >= 11 is 6.35. The van der Waals surface area contributed by atoms with Crippen molar-refractivity contribution in [3.8, 4) is 11.4 Å². The van der Waals surface area contributed by atoms with Crippen LogP contribution in [0.25, 0.3) is 5.69 Å². The number of hydrogen-bond donors (Lipinski definition) is 1. The van der Waals surface area contributed by atoms with Gasteiger partial charge in [0.15, 0.2) is 0 Å². The average molecular weight is 409 g/mol. The summed E-state index contributed by atoms with van der Waals surface area (Å²) in [6.07, 6.45) is 1.43. The van der Waals surface area contributed by atoms with Gasteiger partial charge in [-0.25, -0.2) is 0 Å². The molecular weight excluding hydrogens is 384 g/mol. The highest BCUT2D eigenvalue weighted by Gasteiger charge is 2.25. The van der Waals surface area contributed by atoms with Gasteiger partial charge >= 0.3 is 0 Å². The van der Waals surface area contributed by atoms with Crippen molar-refractivity contribution >= 4 is 17.5 Å². The molecule has 1 unspecified atom stereocenters. The summed E-state index contributed by atoms with van der Waals surface area (Å²) < 4.78 is 12.3. The molecule has 1 aromatic carbocycles. The van der Waals surface area contributed by atoms with Crippen molar-refractivity contribution in [1.82, 2.24) is 30.4 Å². The van der Waals surface area contributed by atoms with E-state index in [9.17, 15) is 4.79 Å². The molecule has 2 aromatic rings. The van der Waals surface area contributed by atoms with Crippen molar-refractivity contribution in [2.45, 2.75) is 19.9 Å². The Morgan fingerprint density at radius 2 is 2.11 bits per heavy atom. The molecule has 0 aliphatic carbocycles. The zero-order valence-electron chi connectivity index (χ0n) is 16.3. The van der Waals surface area contributed by atoms with Crippen molar-refractivity contribution in [1.29, 1.82) is 0 Å². The van der Waals surface area contributed by atoms with Crippen LogP contribution in [0, 0.1) is 5.92 Å². The SMILES string of the molecule is COc1cc(-n2cnnn2)c(Cl)cc1C(=O)NCC(C(C)C)N1CCOCC1. The number of halogens is 1. The molecule has 1 N–H and O–H groups in total. The predicted octanol–water partition coefficient (Wildman–Crippen LogP) is 1.41. The van der Waals surface area contributed by atoms with Crippen molar-refractivity contribution in [2.75, 3.05) is 40.0 Å². The van der Waals surface area contributed by atoms with Crippen LogP contribution in [-0.2, 0) is 4.74 Å². The minimum atomic E-state index is -0.235. The molecule has 0 saturated carbocycles. The Hall–Kier alpha value is -2.23. The van der Waals surface area contributed by atoms with Crippen LogP contribution in [0.5, 0.6) is 5.75 Å². The van der Waals surface area contributed by atoms with E-state index in [1.807, 2.05) is 0 Å². The van der Waals surface area contributed by atoms with Crippen molar-refractivity contribution in [3.05, 3.63) is 29.0 Å². The molecule has 1 saturated heterocycles. The van der Waals surface area contributed by atoms with Gasteiger partial charge in [-0.1, -0.05) is 25.4 Å². The van der Waals surface area contributed by atoms with Crippen molar-refractivity contribution in [3.63, 3.8) is 0 Å². The summed E-state index contributed by atoms with van der Waals surface area (Å²) in [6.45, 7) is 8.03. The van der Waals surface area contributed by atoms with E-state index in [-0.39, 0.29) is 11.9 Å². The number of aromatic nitrogens is 4. The monoisotopic (exact) mass is 408 g/mol. The first-order valence-corrected chi connectivity index (χ1v) is 9.60. The molecule has 0 bridgehead atoms. The summed E-state index contributed by atoms with van der Waals surface area (Å²) in [6, 6.07) is 3.45. The maximum Gasteiger partial charge on any atom is 0.255 e. The van der Waals surface area contributed by atoms with E-state index >= 15 is 0 Å². The Labute approximate surface area is 168 Å². The maximum atomic E-state index is 12.8. The Morgan fingerprint density at radius 3 is 2.71 bits per heavy atom. The average Bonchev–Trinajstić information content (AvgIpc) is 3.23. The third-order valence-corrected chi connectivity index (χ3v) is 5.17. The number of methoxy groups -OCH3 is 1. The van der Waals surface area contributed by atoms with Crippen molar-refractivity contribution in [2.24, 2.45) is 5.92 Å². The molecular formula is C18H25ClN6O3. The van der Waals surface area contributed by atoms with Crippen LogP contribution in [0.4, 0.5) is 0 Å². The van der Waals surface area contributed by atoms with E-state index in [1.54, 1.807) is 12.1 Å². The number of nitrogens with zero attached hydrogens (tertiary/aromatic N) is 5. The molecule has 3 rings (SSSR count). The minimum absolute atomic E-state index is 0.231. The highest BCUT2D eigenvalue weighted by Crippen LogP contribution is 2.29. The fourth-order valence-corrected chi connectivity index (χ4v) is 3.57. The number of amides is 1. The summed E-state index contributed by atoms with van der Waals surface area (Å²) in [5.41, 5.74) is 0.905. The minimum Gasteiger partial charge on any atom is -0.496 e. The maximum absolute atomic E-state index is 12.8. The molecule has 2 heterocycles. The van der Waals surface area contributed by atoms with Gasteiger partial charge in [0.05, 0.1) is 36.6 Å². The molecule has 152 valence electrons. The Balaban J connectivity index is 1.75. The smallest absolute Gasteiger partial charge is 0.255 e. The highest BCUT2D eigenvalue weighted by atomic mass is 35.5. The lowest BCUT2D eigenvalue weighted by Crippen LogP contribution is -2.51. The topological polar surface area (TPSA) is 94.4 Å². The summed E-state index contributed by atoms with van der Waals surface area (Å²) in [5, 5.41) is 14.4. The highest BCUT2D eigenvalue weighted by molar-refractivity contribution is 6.33. The van der Waals surface area contributed by atoms with Crippen LogP contribution in [0.2, 0.25) is 5.02 Å². The Kier molecular flexibility index (Phi) is 6.82. The molecule has 1 aliphatic rings. The first-order valence-electron chi connectivity index (χ1n) is 9.22. The lowest BCUT2D eigenvalue weighted by molar-refractivity contribution is 0.00672. The second-order valence-electron chi connectivity index (χ2n) is 6.93. The summed E-state index contributed by atoms with van der Waals surface area (Å²) in [4.78, 5) is 15.2. The van der Waals surface area contributed by atoms with Crippen LogP contribution in [0.3, 0.4) is 0 Å². The van der Waals surface area contributed by atoms with Crippen molar-refractivity contribution < 1.29 is 14.3 Å². The molecule has 0 radical (unpaired) electrons. The third kappa shape index (κ3) is 4.60. The zero-order chi connectivity index (χ0) is 20.1. The standard InChI is InChI=1S/C18H25ClN6O3/c1-12(2)16(24-4-6-28-7-5-24)10-20-18(26)13-8-14(19)15(9-17(13)27-3)25-11-21-22-23-25/h8-9,11-12,16H,4-7,10H2,1-3H3,(H,20,26). The van der Waals surface area contributed by atoms with E-state index in [1.165, 1.54) is 18.1 Å². The van der Waals surface area contributed by atoms with Crippen LogP contribution in [-0.4, -0.2) is 77.0 Å². The second kappa shape index (κ2) is 9.31. The van der Waals surface area contributed by atoms with E-state index in [2.05, 4.69) is 39.6 Å². The molecule has 9 nitrogen and oxygen atoms in total. The van der Waals surface area contributed by atoms with E-state index in [0.717, 1.165) is 26.3 Å². The number of carbonyl (C=O) groups is 1. The first-order chi connectivity index (χ1) is 13.5. The van der Waals surface area contributed by atoms with E-state index in [4.69, 9.17) is 21.1 Å². The number of morpholine rings is 1. The van der Waals surface area contributed by atoms with Gasteiger partial charge < -0.3 is 14.8 Å². The van der Waals surface area contributed by atoms with Crippen LogP contribution in [0.15, 0.2) is 18.5 Å². The van der Waals surface area contributed by atoms with Gasteiger partial charge in [-0.3, -0.25) is 9.69 Å².